The first-order valence-corrected chi connectivity index (χ1v) is 7.38. The highest BCUT2D eigenvalue weighted by atomic mass is 32.1. The van der Waals surface area contributed by atoms with Gasteiger partial charge in [-0.1, -0.05) is 38.5 Å². The van der Waals surface area contributed by atoms with Crippen LogP contribution >= 0.6 is 11.3 Å². The van der Waals surface area contributed by atoms with E-state index in [2.05, 4.69) is 49.5 Å². The lowest BCUT2D eigenvalue weighted by atomic mass is 10.1. The smallest absolute Gasteiger partial charge is 0.0415 e. The molecule has 2 rings (SSSR count). The number of hydrogen-bond acceptors (Lipinski definition) is 2. The van der Waals surface area contributed by atoms with Crippen LogP contribution in [0.5, 0.6) is 0 Å². The maximum atomic E-state index is 3.66. The van der Waals surface area contributed by atoms with Crippen molar-refractivity contribution in [3.05, 3.63) is 35.2 Å². The zero-order valence-corrected chi connectivity index (χ0v) is 11.5. The monoisotopic (exact) mass is 247 g/mol. The Bertz CT molecular complexity index is 428. The molecule has 0 saturated carbocycles. The van der Waals surface area contributed by atoms with Gasteiger partial charge in [-0.05, 0) is 36.9 Å². The summed E-state index contributed by atoms with van der Waals surface area (Å²) in [4.78, 5) is 1.49. The van der Waals surface area contributed by atoms with Gasteiger partial charge in [0.05, 0.1) is 0 Å². The van der Waals surface area contributed by atoms with Gasteiger partial charge in [0.1, 0.15) is 0 Å². The van der Waals surface area contributed by atoms with Crippen molar-refractivity contribution in [3.63, 3.8) is 0 Å². The van der Waals surface area contributed by atoms with Crippen LogP contribution in [0.1, 0.15) is 44.0 Å². The van der Waals surface area contributed by atoms with Crippen LogP contribution in [0.4, 0.5) is 0 Å². The molecule has 2 heteroatoms. The summed E-state index contributed by atoms with van der Waals surface area (Å²) in [5, 5.41) is 5.04. The third kappa shape index (κ3) is 3.08. The Kier molecular flexibility index (Phi) is 4.57. The van der Waals surface area contributed by atoms with E-state index in [0.717, 1.165) is 6.54 Å². The third-order valence-corrected chi connectivity index (χ3v) is 4.24. The first-order chi connectivity index (χ1) is 8.35. The number of hydrogen-bond donors (Lipinski definition) is 1. The molecule has 0 radical (unpaired) electrons. The van der Waals surface area contributed by atoms with Gasteiger partial charge in [-0.2, -0.15) is 0 Å². The van der Waals surface area contributed by atoms with E-state index in [9.17, 15) is 0 Å². The standard InChI is InChI=1S/C15H21NS/c1-3-7-13(16-10-4-2)15-11-12-8-5-6-9-14(12)17-15/h5-6,8-9,11,13,16H,3-4,7,10H2,1-2H3. The maximum Gasteiger partial charge on any atom is 0.0415 e. The van der Waals surface area contributed by atoms with Gasteiger partial charge in [0, 0.05) is 15.6 Å². The lowest BCUT2D eigenvalue weighted by Gasteiger charge is -2.15. The molecule has 1 atom stereocenters. The van der Waals surface area contributed by atoms with Crippen LogP contribution in [0.2, 0.25) is 0 Å². The largest absolute Gasteiger partial charge is 0.309 e. The van der Waals surface area contributed by atoms with Crippen molar-refractivity contribution in [2.45, 2.75) is 39.2 Å². The van der Waals surface area contributed by atoms with E-state index in [4.69, 9.17) is 0 Å². The Morgan fingerprint density at radius 1 is 1.18 bits per heavy atom. The van der Waals surface area contributed by atoms with Gasteiger partial charge in [-0.3, -0.25) is 0 Å². The zero-order chi connectivity index (χ0) is 12.1. The molecular weight excluding hydrogens is 226 g/mol. The Morgan fingerprint density at radius 2 is 2.00 bits per heavy atom. The Labute approximate surface area is 108 Å². The zero-order valence-electron chi connectivity index (χ0n) is 10.7. The summed E-state index contributed by atoms with van der Waals surface area (Å²) < 4.78 is 1.40. The average Bonchev–Trinajstić information content (AvgIpc) is 2.78. The molecule has 1 heterocycles. The molecule has 0 aliphatic carbocycles. The molecule has 1 unspecified atom stereocenters. The molecule has 1 nitrogen and oxygen atoms in total. The molecule has 0 amide bonds. The predicted molar refractivity (Wildman–Crippen MR) is 77.8 cm³/mol. The molecule has 2 aromatic rings. The summed E-state index contributed by atoms with van der Waals surface area (Å²) >= 11 is 1.93. The molecular formula is C15H21NS. The molecule has 0 saturated heterocycles. The fourth-order valence-electron chi connectivity index (χ4n) is 2.13. The highest BCUT2D eigenvalue weighted by Gasteiger charge is 2.12. The van der Waals surface area contributed by atoms with Gasteiger partial charge in [0.2, 0.25) is 0 Å². The van der Waals surface area contributed by atoms with Gasteiger partial charge >= 0.3 is 0 Å². The third-order valence-electron chi connectivity index (χ3n) is 3.01. The van der Waals surface area contributed by atoms with E-state index in [1.807, 2.05) is 11.3 Å². The van der Waals surface area contributed by atoms with Crippen molar-refractivity contribution < 1.29 is 0 Å². The molecule has 0 aliphatic rings. The summed E-state index contributed by atoms with van der Waals surface area (Å²) in [5.41, 5.74) is 0. The normalized spacial score (nSPS) is 13.1. The van der Waals surface area contributed by atoms with Gasteiger partial charge in [-0.15, -0.1) is 11.3 Å². The van der Waals surface area contributed by atoms with Crippen LogP contribution in [0.25, 0.3) is 10.1 Å². The van der Waals surface area contributed by atoms with Gasteiger partial charge in [0.25, 0.3) is 0 Å². The summed E-state index contributed by atoms with van der Waals surface area (Å²) in [7, 11) is 0. The number of nitrogens with one attached hydrogen (secondary N) is 1. The minimum Gasteiger partial charge on any atom is -0.309 e. The van der Waals surface area contributed by atoms with Crippen molar-refractivity contribution in [3.8, 4) is 0 Å². The van der Waals surface area contributed by atoms with Crippen molar-refractivity contribution in [2.24, 2.45) is 0 Å². The Morgan fingerprint density at radius 3 is 2.71 bits per heavy atom. The molecule has 1 aromatic carbocycles. The number of fused-ring (bicyclic) bond motifs is 1. The Hall–Kier alpha value is -0.860. The van der Waals surface area contributed by atoms with E-state index < -0.39 is 0 Å². The number of rotatable bonds is 6. The van der Waals surface area contributed by atoms with Crippen molar-refractivity contribution >= 4 is 21.4 Å². The number of benzene rings is 1. The molecule has 92 valence electrons. The van der Waals surface area contributed by atoms with Crippen LogP contribution in [-0.4, -0.2) is 6.54 Å². The lowest BCUT2D eigenvalue weighted by molar-refractivity contribution is 0.501. The van der Waals surface area contributed by atoms with Crippen molar-refractivity contribution in [1.29, 1.82) is 0 Å². The van der Waals surface area contributed by atoms with Crippen LogP contribution in [0, 0.1) is 0 Å². The highest BCUT2D eigenvalue weighted by molar-refractivity contribution is 7.19. The minimum atomic E-state index is 0.539. The van der Waals surface area contributed by atoms with Crippen molar-refractivity contribution in [1.82, 2.24) is 5.32 Å². The molecule has 17 heavy (non-hydrogen) atoms. The van der Waals surface area contributed by atoms with Crippen LogP contribution in [0.15, 0.2) is 30.3 Å². The predicted octanol–water partition coefficient (Wildman–Crippen LogP) is 4.74. The summed E-state index contributed by atoms with van der Waals surface area (Å²) in [6.07, 6.45) is 3.66. The van der Waals surface area contributed by atoms with E-state index in [1.54, 1.807) is 0 Å². The van der Waals surface area contributed by atoms with E-state index in [1.165, 1.54) is 34.2 Å². The van der Waals surface area contributed by atoms with Crippen LogP contribution in [-0.2, 0) is 0 Å². The average molecular weight is 247 g/mol. The van der Waals surface area contributed by atoms with Gasteiger partial charge in [0.15, 0.2) is 0 Å². The van der Waals surface area contributed by atoms with Gasteiger partial charge < -0.3 is 5.32 Å². The SMILES string of the molecule is CCCNC(CCC)c1cc2ccccc2s1. The second-order valence-electron chi connectivity index (χ2n) is 4.48. The molecule has 0 fully saturated rings. The lowest BCUT2D eigenvalue weighted by Crippen LogP contribution is -2.21. The summed E-state index contributed by atoms with van der Waals surface area (Å²) in [5.74, 6) is 0. The highest BCUT2D eigenvalue weighted by Crippen LogP contribution is 2.31. The maximum absolute atomic E-state index is 3.66. The molecule has 0 spiro atoms. The molecule has 1 N–H and O–H groups in total. The fraction of sp³-hybridized carbons (Fsp3) is 0.467. The van der Waals surface area contributed by atoms with Gasteiger partial charge in [-0.25, -0.2) is 0 Å². The second-order valence-corrected chi connectivity index (χ2v) is 5.60. The topological polar surface area (TPSA) is 12.0 Å². The first kappa shape index (κ1) is 12.6. The first-order valence-electron chi connectivity index (χ1n) is 6.57. The summed E-state index contributed by atoms with van der Waals surface area (Å²) in [6.45, 7) is 5.59. The minimum absolute atomic E-state index is 0.539. The van der Waals surface area contributed by atoms with E-state index in [-0.39, 0.29) is 0 Å². The van der Waals surface area contributed by atoms with Crippen LogP contribution < -0.4 is 5.32 Å². The molecule has 0 aliphatic heterocycles. The number of thiophene rings is 1. The molecule has 1 aromatic heterocycles. The quantitative estimate of drug-likeness (QED) is 0.777. The fourth-order valence-corrected chi connectivity index (χ4v) is 3.30. The second kappa shape index (κ2) is 6.18. The van der Waals surface area contributed by atoms with Crippen LogP contribution in [0.3, 0.4) is 0 Å². The van der Waals surface area contributed by atoms with E-state index >= 15 is 0 Å². The molecule has 0 bridgehead atoms. The Balaban J connectivity index is 2.21. The van der Waals surface area contributed by atoms with E-state index in [0.29, 0.717) is 6.04 Å². The summed E-state index contributed by atoms with van der Waals surface area (Å²) in [6, 6.07) is 11.6. The van der Waals surface area contributed by atoms with Crippen molar-refractivity contribution in [2.75, 3.05) is 6.54 Å².